The molecule has 11 atom stereocenters. The molecule has 2 fully saturated rings. The Bertz CT molecular complexity index is 1190. The SMILES string of the molecule is CCCCCCCC/C=C/CCCCCCCCCCCC(=O)OC[C@H](CO[C@H]1O[C@@H](CO[C@H]2O[C@@H](CO)[C@@H](O)C(O)C2O)[C@@H](O)C(O)C1O)OC(=O)CCCCCCCCCCCC. The maximum Gasteiger partial charge on any atom is 0.306 e. The Hall–Kier alpha value is -1.76. The summed E-state index contributed by atoms with van der Waals surface area (Å²) in [6.45, 7) is 2.58. The van der Waals surface area contributed by atoms with Crippen LogP contribution in [-0.2, 0) is 38.0 Å². The third kappa shape index (κ3) is 26.5. The van der Waals surface area contributed by atoms with Crippen LogP contribution in [0.2, 0.25) is 0 Å². The third-order valence-electron chi connectivity index (χ3n) is 12.5. The van der Waals surface area contributed by atoms with E-state index in [-0.39, 0.29) is 26.1 Å². The van der Waals surface area contributed by atoms with E-state index in [1.54, 1.807) is 0 Å². The van der Waals surface area contributed by atoms with Crippen molar-refractivity contribution in [1.29, 1.82) is 0 Å². The van der Waals surface area contributed by atoms with Crippen LogP contribution in [0.1, 0.15) is 200 Å². The van der Waals surface area contributed by atoms with Crippen molar-refractivity contribution >= 4 is 11.9 Å². The highest BCUT2D eigenvalue weighted by molar-refractivity contribution is 5.70. The average Bonchev–Trinajstić information content (AvgIpc) is 3.30. The first-order chi connectivity index (χ1) is 31.5. The number of allylic oxidation sites excluding steroid dienone is 2. The van der Waals surface area contributed by atoms with Crippen molar-refractivity contribution in [2.24, 2.45) is 0 Å². The largest absolute Gasteiger partial charge is 0.462 e. The van der Waals surface area contributed by atoms with Crippen LogP contribution < -0.4 is 0 Å². The summed E-state index contributed by atoms with van der Waals surface area (Å²) < 4.78 is 33.5. The number of unbranched alkanes of at least 4 members (excludes halogenated alkanes) is 24. The van der Waals surface area contributed by atoms with Crippen LogP contribution in [-0.4, -0.2) is 142 Å². The first-order valence-corrected chi connectivity index (χ1v) is 25.8. The summed E-state index contributed by atoms with van der Waals surface area (Å²) in [5.74, 6) is -0.920. The Morgan fingerprint density at radius 1 is 0.477 bits per heavy atom. The second-order valence-corrected chi connectivity index (χ2v) is 18.4. The topological polar surface area (TPSA) is 231 Å². The lowest BCUT2D eigenvalue weighted by atomic mass is 9.98. The number of ether oxygens (including phenoxy) is 6. The van der Waals surface area contributed by atoms with E-state index in [4.69, 9.17) is 28.4 Å². The van der Waals surface area contributed by atoms with Crippen molar-refractivity contribution in [1.82, 2.24) is 0 Å². The van der Waals surface area contributed by atoms with E-state index >= 15 is 0 Å². The molecule has 7 N–H and O–H groups in total. The fourth-order valence-corrected chi connectivity index (χ4v) is 8.21. The molecule has 0 aromatic heterocycles. The van der Waals surface area contributed by atoms with Gasteiger partial charge in [0.2, 0.25) is 0 Å². The summed E-state index contributed by atoms with van der Waals surface area (Å²) in [4.78, 5) is 25.7. The smallest absolute Gasteiger partial charge is 0.306 e. The van der Waals surface area contributed by atoms with Crippen molar-refractivity contribution < 1.29 is 73.8 Å². The molecule has 0 radical (unpaired) electrons. The van der Waals surface area contributed by atoms with Crippen molar-refractivity contribution in [3.63, 3.8) is 0 Å². The molecule has 382 valence electrons. The quantitative estimate of drug-likeness (QED) is 0.0187. The van der Waals surface area contributed by atoms with Crippen LogP contribution in [0.3, 0.4) is 0 Å². The van der Waals surface area contributed by atoms with Crippen LogP contribution in [0.4, 0.5) is 0 Å². The van der Waals surface area contributed by atoms with Gasteiger partial charge in [-0.1, -0.05) is 161 Å². The van der Waals surface area contributed by atoms with Crippen molar-refractivity contribution in [2.45, 2.75) is 268 Å². The second-order valence-electron chi connectivity index (χ2n) is 18.4. The molecule has 0 aromatic carbocycles. The monoisotopic (exact) mass is 933 g/mol. The van der Waals surface area contributed by atoms with Gasteiger partial charge in [0, 0.05) is 12.8 Å². The van der Waals surface area contributed by atoms with Gasteiger partial charge >= 0.3 is 11.9 Å². The van der Waals surface area contributed by atoms with Crippen LogP contribution in [0.15, 0.2) is 12.2 Å². The number of rotatable bonds is 40. The molecular weight excluding hydrogens is 841 g/mol. The highest BCUT2D eigenvalue weighted by Crippen LogP contribution is 2.26. The Labute approximate surface area is 390 Å². The number of esters is 2. The van der Waals surface area contributed by atoms with Gasteiger partial charge in [-0.15, -0.1) is 0 Å². The van der Waals surface area contributed by atoms with E-state index < -0.39 is 92.7 Å². The van der Waals surface area contributed by atoms with E-state index in [1.807, 2.05) is 0 Å². The lowest BCUT2D eigenvalue weighted by Gasteiger charge is -2.42. The maximum atomic E-state index is 12.9. The Morgan fingerprint density at radius 2 is 0.877 bits per heavy atom. The Kier molecular flexibility index (Phi) is 34.8. The Morgan fingerprint density at radius 3 is 1.35 bits per heavy atom. The molecule has 0 amide bonds. The molecule has 2 heterocycles. The Balaban J connectivity index is 1.77. The summed E-state index contributed by atoms with van der Waals surface area (Å²) in [6, 6.07) is 0. The summed E-state index contributed by atoms with van der Waals surface area (Å²) >= 11 is 0. The fourth-order valence-electron chi connectivity index (χ4n) is 8.21. The first kappa shape index (κ1) is 59.4. The van der Waals surface area contributed by atoms with E-state index in [0.29, 0.717) is 12.8 Å². The minimum Gasteiger partial charge on any atom is -0.462 e. The maximum absolute atomic E-state index is 12.9. The number of hydrogen-bond acceptors (Lipinski definition) is 15. The van der Waals surface area contributed by atoms with Gasteiger partial charge in [-0.25, -0.2) is 0 Å². The molecule has 2 rings (SSSR count). The van der Waals surface area contributed by atoms with Gasteiger partial charge in [-0.05, 0) is 38.5 Å². The van der Waals surface area contributed by atoms with Gasteiger partial charge in [0.15, 0.2) is 18.7 Å². The molecule has 2 aliphatic rings. The van der Waals surface area contributed by atoms with Crippen LogP contribution in [0.5, 0.6) is 0 Å². The zero-order chi connectivity index (χ0) is 47.5. The number of carbonyl (C=O) groups excluding carboxylic acids is 2. The molecule has 0 spiro atoms. The van der Waals surface area contributed by atoms with E-state index in [9.17, 15) is 45.3 Å². The predicted octanol–water partition coefficient (Wildman–Crippen LogP) is 6.99. The van der Waals surface area contributed by atoms with Gasteiger partial charge in [-0.3, -0.25) is 9.59 Å². The highest BCUT2D eigenvalue weighted by atomic mass is 16.7. The standard InChI is InChI=1S/C50H92O15/c1-3-5-7-9-11-13-15-16-17-18-19-20-21-22-23-25-26-28-30-32-41(52)60-35-38(63-42(53)33-31-29-27-24-14-12-10-8-6-4-2)36-61-49-48(59)46(57)44(55)40(65-49)37-62-50-47(58)45(56)43(54)39(34-51)64-50/h16-17,38-40,43-51,54-59H,3-15,18-37H2,1-2H3/b17-16+/t38-,39+,40+,43-,44-,45?,46?,47?,48?,49+,50+/m1/s1. The molecule has 4 unspecified atom stereocenters. The van der Waals surface area contributed by atoms with Crippen molar-refractivity contribution in [2.75, 3.05) is 26.4 Å². The fraction of sp³-hybridized carbons (Fsp3) is 0.920. The first-order valence-electron chi connectivity index (χ1n) is 25.8. The number of hydrogen-bond donors (Lipinski definition) is 7. The summed E-state index contributed by atoms with van der Waals surface area (Å²) in [7, 11) is 0. The lowest BCUT2D eigenvalue weighted by Crippen LogP contribution is -2.61. The number of aliphatic hydroxyl groups excluding tert-OH is 7. The zero-order valence-electron chi connectivity index (χ0n) is 40.2. The number of aliphatic hydroxyl groups is 7. The molecule has 65 heavy (non-hydrogen) atoms. The van der Waals surface area contributed by atoms with Crippen molar-refractivity contribution in [3.05, 3.63) is 12.2 Å². The third-order valence-corrected chi connectivity index (χ3v) is 12.5. The second kappa shape index (κ2) is 38.1. The molecule has 2 saturated heterocycles. The highest BCUT2D eigenvalue weighted by Gasteiger charge is 2.47. The number of carbonyl (C=O) groups is 2. The predicted molar refractivity (Wildman–Crippen MR) is 248 cm³/mol. The average molecular weight is 933 g/mol. The molecule has 15 heteroatoms. The molecule has 0 bridgehead atoms. The van der Waals surface area contributed by atoms with Gasteiger partial charge in [0.05, 0.1) is 19.8 Å². The lowest BCUT2D eigenvalue weighted by molar-refractivity contribution is -0.332. The molecule has 15 nitrogen and oxygen atoms in total. The van der Waals surface area contributed by atoms with E-state index in [1.165, 1.54) is 122 Å². The van der Waals surface area contributed by atoms with Gasteiger partial charge < -0.3 is 64.2 Å². The normalized spacial score (nSPS) is 26.4. The minimum absolute atomic E-state index is 0.169. The summed E-state index contributed by atoms with van der Waals surface area (Å²) in [5.41, 5.74) is 0. The molecule has 0 aromatic rings. The van der Waals surface area contributed by atoms with Crippen LogP contribution in [0, 0.1) is 0 Å². The van der Waals surface area contributed by atoms with Gasteiger partial charge in [0.1, 0.15) is 55.4 Å². The van der Waals surface area contributed by atoms with Gasteiger partial charge in [-0.2, -0.15) is 0 Å². The van der Waals surface area contributed by atoms with Crippen LogP contribution >= 0.6 is 0 Å². The molecule has 0 aliphatic carbocycles. The van der Waals surface area contributed by atoms with Gasteiger partial charge in [0.25, 0.3) is 0 Å². The van der Waals surface area contributed by atoms with Crippen molar-refractivity contribution in [3.8, 4) is 0 Å². The summed E-state index contributed by atoms with van der Waals surface area (Å²) in [5, 5.41) is 72.0. The van der Waals surface area contributed by atoms with Crippen LogP contribution in [0.25, 0.3) is 0 Å². The molecule has 0 saturated carbocycles. The van der Waals surface area contributed by atoms with E-state index in [0.717, 1.165) is 38.5 Å². The minimum atomic E-state index is -1.76. The molecular formula is C50H92O15. The zero-order valence-corrected chi connectivity index (χ0v) is 40.2. The summed E-state index contributed by atoms with van der Waals surface area (Å²) in [6.07, 6.45) is 19.7. The van der Waals surface area contributed by atoms with E-state index in [2.05, 4.69) is 26.0 Å². The molecule has 2 aliphatic heterocycles.